The lowest BCUT2D eigenvalue weighted by atomic mass is 10.1. The summed E-state index contributed by atoms with van der Waals surface area (Å²) in [7, 11) is 1.35. The summed E-state index contributed by atoms with van der Waals surface area (Å²) in [6, 6.07) is 18.4. The van der Waals surface area contributed by atoms with Gasteiger partial charge in [0.05, 0.1) is 31.0 Å². The first kappa shape index (κ1) is 19.1. The minimum absolute atomic E-state index is 0.121. The van der Waals surface area contributed by atoms with Crippen LogP contribution >= 0.6 is 0 Å². The van der Waals surface area contributed by atoms with Gasteiger partial charge in [0.15, 0.2) is 0 Å². The maximum absolute atomic E-state index is 12.2. The number of anilines is 3. The average molecular weight is 375 g/mol. The molecule has 0 atom stereocenters. The second-order valence-corrected chi connectivity index (χ2v) is 6.34. The van der Waals surface area contributed by atoms with E-state index in [0.717, 1.165) is 22.5 Å². The zero-order chi connectivity index (χ0) is 19.9. The Balaban J connectivity index is 1.60. The molecule has 142 valence electrons. The molecule has 0 fully saturated rings. The molecule has 1 amide bonds. The van der Waals surface area contributed by atoms with Gasteiger partial charge in [-0.1, -0.05) is 35.9 Å². The summed E-state index contributed by atoms with van der Waals surface area (Å²) in [4.78, 5) is 28.1. The predicted octanol–water partition coefficient (Wildman–Crippen LogP) is 4.10. The number of hydrogen-bond acceptors (Lipinski definition) is 5. The van der Waals surface area contributed by atoms with Gasteiger partial charge in [-0.25, -0.2) is 9.78 Å². The van der Waals surface area contributed by atoms with Crippen molar-refractivity contribution < 1.29 is 14.3 Å². The van der Waals surface area contributed by atoms with Crippen LogP contribution in [0.1, 0.15) is 21.5 Å². The molecule has 0 radical (unpaired) electrons. The topological polar surface area (TPSA) is 80.3 Å². The molecule has 0 aliphatic carbocycles. The molecule has 1 heterocycles. The average Bonchev–Trinajstić information content (AvgIpc) is 2.69. The maximum atomic E-state index is 12.2. The lowest BCUT2D eigenvalue weighted by Gasteiger charge is -2.09. The Bertz CT molecular complexity index is 984. The quantitative estimate of drug-likeness (QED) is 0.634. The van der Waals surface area contributed by atoms with Crippen LogP contribution < -0.4 is 10.6 Å². The fraction of sp³-hybridized carbons (Fsp3) is 0.136. The number of nitrogens with one attached hydrogen (secondary N) is 2. The molecule has 6 heteroatoms. The highest BCUT2D eigenvalue weighted by atomic mass is 16.5. The lowest BCUT2D eigenvalue weighted by molar-refractivity contribution is -0.115. The summed E-state index contributed by atoms with van der Waals surface area (Å²) in [5, 5.41) is 5.96. The van der Waals surface area contributed by atoms with Crippen molar-refractivity contribution in [2.45, 2.75) is 13.3 Å². The summed E-state index contributed by atoms with van der Waals surface area (Å²) < 4.78 is 4.72. The van der Waals surface area contributed by atoms with Crippen LogP contribution in [-0.2, 0) is 16.0 Å². The van der Waals surface area contributed by atoms with Crippen LogP contribution in [0, 0.1) is 6.92 Å². The van der Waals surface area contributed by atoms with Crippen molar-refractivity contribution in [2.75, 3.05) is 17.7 Å². The second kappa shape index (κ2) is 8.81. The summed E-state index contributed by atoms with van der Waals surface area (Å²) in [6.07, 6.45) is 1.91. The number of esters is 1. The number of aromatic nitrogens is 1. The van der Waals surface area contributed by atoms with Crippen LogP contribution in [0.3, 0.4) is 0 Å². The molecule has 0 saturated heterocycles. The number of rotatable bonds is 6. The minimum Gasteiger partial charge on any atom is -0.465 e. The fourth-order valence-electron chi connectivity index (χ4n) is 2.74. The van der Waals surface area contributed by atoms with E-state index < -0.39 is 5.97 Å². The number of ether oxygens (including phenoxy) is 1. The Morgan fingerprint density at radius 1 is 1.00 bits per heavy atom. The third-order valence-corrected chi connectivity index (χ3v) is 4.05. The molecule has 2 N–H and O–H groups in total. The minimum atomic E-state index is -0.395. The summed E-state index contributed by atoms with van der Waals surface area (Å²) >= 11 is 0. The summed E-state index contributed by atoms with van der Waals surface area (Å²) in [5.41, 5.74) is 4.01. The highest BCUT2D eigenvalue weighted by Crippen LogP contribution is 2.19. The van der Waals surface area contributed by atoms with Crippen molar-refractivity contribution in [1.82, 2.24) is 4.98 Å². The van der Waals surface area contributed by atoms with E-state index in [1.165, 1.54) is 7.11 Å². The van der Waals surface area contributed by atoms with E-state index in [0.29, 0.717) is 17.8 Å². The van der Waals surface area contributed by atoms with E-state index in [2.05, 4.69) is 15.6 Å². The molecule has 0 aliphatic heterocycles. The van der Waals surface area contributed by atoms with Crippen LogP contribution in [0.2, 0.25) is 0 Å². The van der Waals surface area contributed by atoms with Gasteiger partial charge in [-0.05, 0) is 42.8 Å². The number of nitrogens with zero attached hydrogens (tertiary/aromatic N) is 1. The van der Waals surface area contributed by atoms with Gasteiger partial charge in [0.25, 0.3) is 0 Å². The Hall–Kier alpha value is -3.67. The van der Waals surface area contributed by atoms with E-state index in [4.69, 9.17) is 4.74 Å². The van der Waals surface area contributed by atoms with Gasteiger partial charge in [-0.3, -0.25) is 4.79 Å². The summed E-state index contributed by atoms with van der Waals surface area (Å²) in [5.74, 6) is -0.0375. The second-order valence-electron chi connectivity index (χ2n) is 6.34. The first-order valence-corrected chi connectivity index (χ1v) is 8.80. The number of carbonyl (C=O) groups is 2. The zero-order valence-corrected chi connectivity index (χ0v) is 15.7. The molecule has 2 aromatic carbocycles. The van der Waals surface area contributed by atoms with E-state index in [1.807, 2.05) is 37.3 Å². The largest absolute Gasteiger partial charge is 0.465 e. The molecular weight excluding hydrogens is 354 g/mol. The smallest absolute Gasteiger partial charge is 0.337 e. The van der Waals surface area contributed by atoms with Gasteiger partial charge >= 0.3 is 5.97 Å². The van der Waals surface area contributed by atoms with Gasteiger partial charge in [-0.15, -0.1) is 0 Å². The number of hydrogen-bond donors (Lipinski definition) is 2. The van der Waals surface area contributed by atoms with Crippen molar-refractivity contribution >= 4 is 29.1 Å². The summed E-state index contributed by atoms with van der Waals surface area (Å²) in [6.45, 7) is 2.00. The van der Waals surface area contributed by atoms with Crippen LogP contribution in [-0.4, -0.2) is 24.0 Å². The van der Waals surface area contributed by atoms with E-state index >= 15 is 0 Å². The van der Waals surface area contributed by atoms with Gasteiger partial charge < -0.3 is 15.4 Å². The SMILES string of the molecule is COC(=O)c1cccc(Nc2ccc(NC(=O)Cc3cccc(C)c3)nc2)c1. The van der Waals surface area contributed by atoms with Crippen LogP contribution in [0.25, 0.3) is 0 Å². The molecule has 0 saturated carbocycles. The zero-order valence-electron chi connectivity index (χ0n) is 15.7. The fourth-order valence-corrected chi connectivity index (χ4v) is 2.74. The van der Waals surface area contributed by atoms with Crippen molar-refractivity contribution in [2.24, 2.45) is 0 Å². The number of aryl methyl sites for hydroxylation is 1. The molecule has 28 heavy (non-hydrogen) atoms. The molecule has 0 bridgehead atoms. The third kappa shape index (κ3) is 5.17. The Labute approximate surface area is 163 Å². The van der Waals surface area contributed by atoms with Crippen molar-refractivity contribution in [3.8, 4) is 0 Å². The number of pyridine rings is 1. The highest BCUT2D eigenvalue weighted by Gasteiger charge is 2.07. The molecule has 0 spiro atoms. The van der Waals surface area contributed by atoms with Crippen molar-refractivity contribution in [3.63, 3.8) is 0 Å². The number of carbonyl (C=O) groups excluding carboxylic acids is 2. The standard InChI is InChI=1S/C22H21N3O3/c1-15-5-3-6-16(11-15)12-21(26)25-20-10-9-19(14-23-20)24-18-8-4-7-17(13-18)22(27)28-2/h3-11,13-14,24H,12H2,1-2H3,(H,23,25,26). The van der Waals surface area contributed by atoms with E-state index in [9.17, 15) is 9.59 Å². The molecule has 6 nitrogen and oxygen atoms in total. The maximum Gasteiger partial charge on any atom is 0.337 e. The Kier molecular flexibility index (Phi) is 6.01. The molecule has 1 aromatic heterocycles. The third-order valence-electron chi connectivity index (χ3n) is 4.05. The molecule has 0 unspecified atom stereocenters. The first-order chi connectivity index (χ1) is 13.5. The van der Waals surface area contributed by atoms with E-state index in [-0.39, 0.29) is 5.91 Å². The van der Waals surface area contributed by atoms with Gasteiger partial charge in [0.1, 0.15) is 5.82 Å². The van der Waals surface area contributed by atoms with Crippen molar-refractivity contribution in [1.29, 1.82) is 0 Å². The number of benzene rings is 2. The van der Waals surface area contributed by atoms with Crippen LogP contribution in [0.15, 0.2) is 66.9 Å². The number of amides is 1. The highest BCUT2D eigenvalue weighted by molar-refractivity contribution is 5.92. The molecule has 3 aromatic rings. The first-order valence-electron chi connectivity index (χ1n) is 8.80. The van der Waals surface area contributed by atoms with E-state index in [1.54, 1.807) is 36.5 Å². The van der Waals surface area contributed by atoms with Crippen LogP contribution in [0.4, 0.5) is 17.2 Å². The van der Waals surface area contributed by atoms with Crippen molar-refractivity contribution in [3.05, 3.63) is 83.6 Å². The van der Waals surface area contributed by atoms with Gasteiger partial charge in [-0.2, -0.15) is 0 Å². The number of methoxy groups -OCH3 is 1. The van der Waals surface area contributed by atoms with Gasteiger partial charge in [0.2, 0.25) is 5.91 Å². The Morgan fingerprint density at radius 3 is 2.54 bits per heavy atom. The Morgan fingerprint density at radius 2 is 1.82 bits per heavy atom. The molecule has 0 aliphatic rings. The lowest BCUT2D eigenvalue weighted by Crippen LogP contribution is -2.15. The predicted molar refractivity (Wildman–Crippen MR) is 109 cm³/mol. The monoisotopic (exact) mass is 375 g/mol. The molecular formula is C22H21N3O3. The van der Waals surface area contributed by atoms with Gasteiger partial charge in [0, 0.05) is 5.69 Å². The van der Waals surface area contributed by atoms with Crippen LogP contribution in [0.5, 0.6) is 0 Å². The molecule has 3 rings (SSSR count). The normalized spacial score (nSPS) is 10.2.